The van der Waals surface area contributed by atoms with Gasteiger partial charge in [0.15, 0.2) is 5.82 Å². The van der Waals surface area contributed by atoms with Gasteiger partial charge in [0.1, 0.15) is 5.75 Å². The Hall–Kier alpha value is -1.85. The summed E-state index contributed by atoms with van der Waals surface area (Å²) in [5.74, 6) is 1.80. The van der Waals surface area contributed by atoms with Crippen LogP contribution in [0.1, 0.15) is 31.7 Å². The molecule has 0 radical (unpaired) electrons. The molecule has 1 aromatic carbocycles. The van der Waals surface area contributed by atoms with E-state index in [0.717, 1.165) is 36.8 Å². The lowest BCUT2D eigenvalue weighted by Crippen LogP contribution is -2.50. The Morgan fingerprint density at radius 3 is 2.85 bits per heavy atom. The minimum Gasteiger partial charge on any atom is -0.507 e. The van der Waals surface area contributed by atoms with Crippen molar-refractivity contribution in [3.63, 3.8) is 0 Å². The van der Waals surface area contributed by atoms with E-state index >= 15 is 0 Å². The first-order valence-corrected chi connectivity index (χ1v) is 9.78. The van der Waals surface area contributed by atoms with Crippen LogP contribution in [0.25, 0.3) is 11.3 Å². The molecule has 1 aromatic heterocycles. The summed E-state index contributed by atoms with van der Waals surface area (Å²) in [5.41, 5.74) is 2.25. The second-order valence-electron chi connectivity index (χ2n) is 7.47. The van der Waals surface area contributed by atoms with Crippen LogP contribution in [0.2, 0.25) is 5.02 Å². The minimum absolute atomic E-state index is 0.139. The number of halogens is 1. The molecule has 3 atom stereocenters. The standard InChI is InChI=1S/C20H25ClN4O/c1-3-13-9-17-15(22-11-13)6-7-25(17)19-5-4-16(23-24-19)20-12(2)8-14(21)10-18(20)26/h4-5,8,10,13,15,17,22,26H,3,6-7,9,11H2,1-2H3/t13?,15-,17+/m0/s1. The Morgan fingerprint density at radius 2 is 2.15 bits per heavy atom. The van der Waals surface area contributed by atoms with E-state index in [4.69, 9.17) is 11.6 Å². The Balaban J connectivity index is 1.59. The highest BCUT2D eigenvalue weighted by Gasteiger charge is 2.39. The lowest BCUT2D eigenvalue weighted by atomic mass is 9.89. The number of nitrogens with zero attached hydrogens (tertiary/aromatic N) is 3. The van der Waals surface area contributed by atoms with Crippen LogP contribution in [0.5, 0.6) is 5.75 Å². The van der Waals surface area contributed by atoms with Crippen molar-refractivity contribution < 1.29 is 5.11 Å². The van der Waals surface area contributed by atoms with Crippen molar-refractivity contribution in [3.8, 4) is 17.0 Å². The van der Waals surface area contributed by atoms with Gasteiger partial charge in [-0.15, -0.1) is 10.2 Å². The van der Waals surface area contributed by atoms with Gasteiger partial charge < -0.3 is 15.3 Å². The molecule has 26 heavy (non-hydrogen) atoms. The van der Waals surface area contributed by atoms with Crippen molar-refractivity contribution in [1.29, 1.82) is 0 Å². The number of phenols is 1. The number of aromatic hydroxyl groups is 1. The van der Waals surface area contributed by atoms with Gasteiger partial charge in [0.25, 0.3) is 0 Å². The fourth-order valence-corrected chi connectivity index (χ4v) is 4.66. The molecule has 2 N–H and O–H groups in total. The van der Waals surface area contributed by atoms with Gasteiger partial charge in [-0.1, -0.05) is 24.9 Å². The normalized spacial score (nSPS) is 25.3. The average Bonchev–Trinajstić information content (AvgIpc) is 3.04. The van der Waals surface area contributed by atoms with Crippen molar-refractivity contribution >= 4 is 17.4 Å². The molecular weight excluding hydrogens is 348 g/mol. The van der Waals surface area contributed by atoms with E-state index in [2.05, 4.69) is 27.3 Å². The number of fused-ring (bicyclic) bond motifs is 1. The zero-order chi connectivity index (χ0) is 18.3. The lowest BCUT2D eigenvalue weighted by Gasteiger charge is -2.37. The Morgan fingerprint density at radius 1 is 1.31 bits per heavy atom. The first kappa shape index (κ1) is 17.6. The number of hydrogen-bond donors (Lipinski definition) is 2. The predicted molar refractivity (Wildman–Crippen MR) is 105 cm³/mol. The molecule has 0 spiro atoms. The summed E-state index contributed by atoms with van der Waals surface area (Å²) < 4.78 is 0. The molecule has 2 aliphatic heterocycles. The van der Waals surface area contributed by atoms with Crippen molar-refractivity contribution in [1.82, 2.24) is 15.5 Å². The maximum absolute atomic E-state index is 10.2. The van der Waals surface area contributed by atoms with Gasteiger partial charge in [-0.05, 0) is 62.1 Å². The number of rotatable bonds is 3. The molecule has 1 unspecified atom stereocenters. The van der Waals surface area contributed by atoms with Gasteiger partial charge in [-0.2, -0.15) is 0 Å². The van der Waals surface area contributed by atoms with E-state index in [-0.39, 0.29) is 5.75 Å². The van der Waals surface area contributed by atoms with Gasteiger partial charge in [-0.25, -0.2) is 0 Å². The van der Waals surface area contributed by atoms with Crippen molar-refractivity contribution in [2.24, 2.45) is 5.92 Å². The molecule has 0 aliphatic carbocycles. The summed E-state index contributed by atoms with van der Waals surface area (Å²) in [4.78, 5) is 2.39. The molecular formula is C20H25ClN4O. The van der Waals surface area contributed by atoms with Crippen LogP contribution in [0, 0.1) is 12.8 Å². The highest BCUT2D eigenvalue weighted by Crippen LogP contribution is 2.35. The van der Waals surface area contributed by atoms with Gasteiger partial charge in [-0.3, -0.25) is 0 Å². The Labute approximate surface area is 159 Å². The molecule has 5 nitrogen and oxygen atoms in total. The fraction of sp³-hybridized carbons (Fsp3) is 0.500. The third-order valence-corrected chi connectivity index (χ3v) is 6.07. The van der Waals surface area contributed by atoms with E-state index in [1.165, 1.54) is 12.8 Å². The van der Waals surface area contributed by atoms with Crippen molar-refractivity contribution in [2.75, 3.05) is 18.0 Å². The molecule has 3 heterocycles. The lowest BCUT2D eigenvalue weighted by molar-refractivity contribution is 0.288. The van der Waals surface area contributed by atoms with Crippen LogP contribution in [0.4, 0.5) is 5.82 Å². The van der Waals surface area contributed by atoms with Crippen LogP contribution in [-0.4, -0.2) is 40.5 Å². The number of nitrogens with one attached hydrogen (secondary N) is 1. The minimum atomic E-state index is 0.139. The quantitative estimate of drug-likeness (QED) is 0.858. The summed E-state index contributed by atoms with van der Waals surface area (Å²) >= 11 is 6.00. The second kappa shape index (κ2) is 7.05. The van der Waals surface area contributed by atoms with Crippen LogP contribution >= 0.6 is 11.6 Å². The largest absolute Gasteiger partial charge is 0.507 e. The monoisotopic (exact) mass is 372 g/mol. The van der Waals surface area contributed by atoms with Crippen LogP contribution < -0.4 is 10.2 Å². The van der Waals surface area contributed by atoms with E-state index in [1.54, 1.807) is 6.07 Å². The summed E-state index contributed by atoms with van der Waals surface area (Å²) in [6.07, 6.45) is 3.58. The van der Waals surface area contributed by atoms with Gasteiger partial charge in [0.2, 0.25) is 0 Å². The summed E-state index contributed by atoms with van der Waals surface area (Å²) in [5, 5.41) is 23.4. The van der Waals surface area contributed by atoms with Gasteiger partial charge in [0, 0.05) is 29.2 Å². The number of benzene rings is 1. The first-order chi connectivity index (χ1) is 12.6. The number of phenolic OH excluding ortho intramolecular Hbond substituents is 1. The molecule has 4 rings (SSSR count). The molecule has 6 heteroatoms. The van der Waals surface area contributed by atoms with E-state index in [0.29, 0.717) is 28.4 Å². The van der Waals surface area contributed by atoms with E-state index < -0.39 is 0 Å². The van der Waals surface area contributed by atoms with E-state index in [9.17, 15) is 5.11 Å². The molecule has 2 saturated heterocycles. The Bertz CT molecular complexity index is 772. The molecule has 0 bridgehead atoms. The van der Waals surface area contributed by atoms with Crippen LogP contribution in [-0.2, 0) is 0 Å². The van der Waals surface area contributed by atoms with E-state index in [1.807, 2.05) is 25.1 Å². The summed E-state index contributed by atoms with van der Waals surface area (Å²) in [7, 11) is 0. The predicted octanol–water partition coefficient (Wildman–Crippen LogP) is 3.78. The highest BCUT2D eigenvalue weighted by molar-refractivity contribution is 6.31. The summed E-state index contributed by atoms with van der Waals surface area (Å²) in [6, 6.07) is 8.40. The second-order valence-corrected chi connectivity index (χ2v) is 7.90. The number of piperidine rings is 1. The topological polar surface area (TPSA) is 61.3 Å². The number of aromatic nitrogens is 2. The molecule has 0 saturated carbocycles. The number of anilines is 1. The molecule has 2 fully saturated rings. The average molecular weight is 373 g/mol. The SMILES string of the molecule is CCC1CN[C@H]2CCN(c3ccc(-c4c(C)cc(Cl)cc4O)nn3)[C@@H]2C1. The van der Waals surface area contributed by atoms with Gasteiger partial charge >= 0.3 is 0 Å². The number of aryl methyl sites for hydroxylation is 1. The molecule has 2 aromatic rings. The summed E-state index contributed by atoms with van der Waals surface area (Å²) in [6.45, 7) is 6.32. The zero-order valence-corrected chi connectivity index (χ0v) is 16.0. The molecule has 0 amide bonds. The maximum Gasteiger partial charge on any atom is 0.151 e. The van der Waals surface area contributed by atoms with Crippen molar-refractivity contribution in [3.05, 3.63) is 34.9 Å². The highest BCUT2D eigenvalue weighted by atomic mass is 35.5. The molecule has 2 aliphatic rings. The first-order valence-electron chi connectivity index (χ1n) is 9.40. The maximum atomic E-state index is 10.2. The van der Waals surface area contributed by atoms with Crippen LogP contribution in [0.15, 0.2) is 24.3 Å². The third kappa shape index (κ3) is 3.14. The fourth-order valence-electron chi connectivity index (χ4n) is 4.39. The zero-order valence-electron chi connectivity index (χ0n) is 15.2. The molecule has 138 valence electrons. The Kier molecular flexibility index (Phi) is 4.76. The number of hydrogen-bond acceptors (Lipinski definition) is 5. The third-order valence-electron chi connectivity index (χ3n) is 5.85. The smallest absolute Gasteiger partial charge is 0.151 e. The van der Waals surface area contributed by atoms with Gasteiger partial charge in [0.05, 0.1) is 5.69 Å². The van der Waals surface area contributed by atoms with Crippen molar-refractivity contribution in [2.45, 2.75) is 45.2 Å². The van der Waals surface area contributed by atoms with Crippen LogP contribution in [0.3, 0.4) is 0 Å².